The predicted molar refractivity (Wildman–Crippen MR) is 120 cm³/mol. The molecule has 1 aromatic heterocycles. The van der Waals surface area contributed by atoms with Gasteiger partial charge in [-0.2, -0.15) is 15.0 Å². The summed E-state index contributed by atoms with van der Waals surface area (Å²) in [5.74, 6) is 0.488. The minimum absolute atomic E-state index is 0.00558. The Labute approximate surface area is 186 Å². The third-order valence-electron chi connectivity index (χ3n) is 4.30. The molecule has 0 radical (unpaired) electrons. The molecule has 9 nitrogen and oxygen atoms in total. The number of aromatic nitrogens is 3. The first kappa shape index (κ1) is 22.7. The number of ketones is 1. The zero-order valence-electron chi connectivity index (χ0n) is 17.8. The maximum Gasteiger partial charge on any atom is 0.306 e. The number of ether oxygens (including phenoxy) is 2. The van der Waals surface area contributed by atoms with Gasteiger partial charge in [-0.3, -0.25) is 9.59 Å². The van der Waals surface area contributed by atoms with Crippen molar-refractivity contribution in [3.63, 3.8) is 0 Å². The number of nitrogens with two attached hydrogens (primary N) is 1. The van der Waals surface area contributed by atoms with E-state index in [9.17, 15) is 9.59 Å². The Bertz CT molecular complexity index is 1040. The van der Waals surface area contributed by atoms with Crippen molar-refractivity contribution in [3.8, 4) is 5.75 Å². The van der Waals surface area contributed by atoms with Gasteiger partial charge in [0.1, 0.15) is 5.75 Å². The number of benzene rings is 2. The van der Waals surface area contributed by atoms with Gasteiger partial charge in [0.2, 0.25) is 11.9 Å². The molecule has 1 heterocycles. The topological polar surface area (TPSA) is 129 Å². The summed E-state index contributed by atoms with van der Waals surface area (Å²) in [5, 5.41) is 3.01. The summed E-state index contributed by atoms with van der Waals surface area (Å²) in [6, 6.07) is 16.2. The summed E-state index contributed by atoms with van der Waals surface area (Å²) in [7, 11) is 0. The number of nitrogens with zero attached hydrogens (tertiary/aromatic N) is 3. The first-order valence-electron chi connectivity index (χ1n) is 10.3. The molecule has 3 rings (SSSR count). The average Bonchev–Trinajstić information content (AvgIpc) is 2.80. The van der Waals surface area contributed by atoms with Crippen LogP contribution >= 0.6 is 0 Å². The number of nitrogens with one attached hydrogen (secondary N) is 1. The van der Waals surface area contributed by atoms with Gasteiger partial charge in [-0.05, 0) is 42.8 Å². The van der Waals surface area contributed by atoms with Gasteiger partial charge >= 0.3 is 5.97 Å². The Kier molecular flexibility index (Phi) is 8.08. The zero-order valence-corrected chi connectivity index (χ0v) is 17.8. The van der Waals surface area contributed by atoms with Crippen LogP contribution in [0.15, 0.2) is 54.6 Å². The Morgan fingerprint density at radius 2 is 1.72 bits per heavy atom. The van der Waals surface area contributed by atoms with E-state index >= 15 is 0 Å². The molecular formula is C23H25N5O4. The van der Waals surface area contributed by atoms with E-state index in [1.165, 1.54) is 0 Å². The largest absolute Gasteiger partial charge is 0.494 e. The van der Waals surface area contributed by atoms with E-state index in [-0.39, 0.29) is 43.0 Å². The van der Waals surface area contributed by atoms with Crippen LogP contribution in [0.5, 0.6) is 5.75 Å². The first-order valence-corrected chi connectivity index (χ1v) is 10.3. The van der Waals surface area contributed by atoms with Crippen molar-refractivity contribution in [1.29, 1.82) is 0 Å². The zero-order chi connectivity index (χ0) is 22.8. The van der Waals surface area contributed by atoms with Gasteiger partial charge < -0.3 is 20.5 Å². The van der Waals surface area contributed by atoms with Gasteiger partial charge in [-0.15, -0.1) is 0 Å². The Hall–Kier alpha value is -4.01. The molecule has 0 fully saturated rings. The molecule has 166 valence electrons. The Balaban J connectivity index is 1.47. The monoisotopic (exact) mass is 435 g/mol. The molecule has 0 aliphatic carbocycles. The van der Waals surface area contributed by atoms with Gasteiger partial charge in [0.25, 0.3) is 0 Å². The van der Waals surface area contributed by atoms with Gasteiger partial charge in [0.15, 0.2) is 18.2 Å². The van der Waals surface area contributed by atoms with E-state index in [2.05, 4.69) is 20.3 Å². The highest BCUT2D eigenvalue weighted by Crippen LogP contribution is 2.15. The average molecular weight is 435 g/mol. The van der Waals surface area contributed by atoms with Crippen molar-refractivity contribution in [2.24, 2.45) is 0 Å². The minimum Gasteiger partial charge on any atom is -0.494 e. The highest BCUT2D eigenvalue weighted by atomic mass is 16.5. The molecule has 0 saturated carbocycles. The molecule has 0 bridgehead atoms. The van der Waals surface area contributed by atoms with Gasteiger partial charge in [0, 0.05) is 17.7 Å². The SMILES string of the molecule is CCCOc1ccc(C(=O)CCC(=O)OCc2nc(N)nc(Nc3ccccc3)n2)cc1. The van der Waals surface area contributed by atoms with Crippen LogP contribution in [0.4, 0.5) is 17.6 Å². The van der Waals surface area contributed by atoms with E-state index in [1.807, 2.05) is 37.3 Å². The quantitative estimate of drug-likeness (QED) is 0.342. The normalized spacial score (nSPS) is 10.4. The molecule has 9 heteroatoms. The van der Waals surface area contributed by atoms with Crippen LogP contribution in [0, 0.1) is 0 Å². The summed E-state index contributed by atoms with van der Waals surface area (Å²) in [5.41, 5.74) is 7.02. The van der Waals surface area contributed by atoms with Crippen LogP contribution in [0.2, 0.25) is 0 Å². The standard InChI is InChI=1S/C23H25N5O4/c1-2-14-31-18-10-8-16(9-11-18)19(29)12-13-21(30)32-15-20-26-22(24)28-23(27-20)25-17-6-4-3-5-7-17/h3-11H,2,12-15H2,1H3,(H3,24,25,26,27,28). The number of hydrogen-bond acceptors (Lipinski definition) is 9. The predicted octanol–water partition coefficient (Wildman–Crippen LogP) is 3.69. The summed E-state index contributed by atoms with van der Waals surface area (Å²) in [6.45, 7) is 2.47. The van der Waals surface area contributed by atoms with Crippen molar-refractivity contribution >= 4 is 29.3 Å². The molecule has 0 amide bonds. The number of carbonyl (C=O) groups is 2. The van der Waals surface area contributed by atoms with Crippen LogP contribution in [0.25, 0.3) is 0 Å². The molecule has 32 heavy (non-hydrogen) atoms. The third-order valence-corrected chi connectivity index (χ3v) is 4.30. The molecule has 0 atom stereocenters. The molecule has 3 N–H and O–H groups in total. The Morgan fingerprint density at radius 1 is 0.969 bits per heavy atom. The van der Waals surface area contributed by atoms with Crippen LogP contribution in [-0.2, 0) is 16.1 Å². The second-order valence-corrected chi connectivity index (χ2v) is 6.88. The van der Waals surface area contributed by atoms with Gasteiger partial charge in [-0.25, -0.2) is 0 Å². The maximum atomic E-state index is 12.3. The van der Waals surface area contributed by atoms with E-state index in [0.717, 1.165) is 12.1 Å². The summed E-state index contributed by atoms with van der Waals surface area (Å²) in [4.78, 5) is 36.6. The number of esters is 1. The molecule has 0 unspecified atom stereocenters. The summed E-state index contributed by atoms with van der Waals surface area (Å²) >= 11 is 0. The van der Waals surface area contributed by atoms with Crippen LogP contribution in [0.1, 0.15) is 42.4 Å². The highest BCUT2D eigenvalue weighted by Gasteiger charge is 2.12. The van der Waals surface area contributed by atoms with Crippen molar-refractivity contribution in [2.45, 2.75) is 32.8 Å². The molecule has 0 aliphatic rings. The number of nitrogen functional groups attached to an aromatic ring is 1. The van der Waals surface area contributed by atoms with E-state index in [1.54, 1.807) is 24.3 Å². The molecule has 0 aliphatic heterocycles. The number of hydrogen-bond donors (Lipinski definition) is 2. The fourth-order valence-electron chi connectivity index (χ4n) is 2.74. The minimum atomic E-state index is -0.530. The lowest BCUT2D eigenvalue weighted by atomic mass is 10.1. The second-order valence-electron chi connectivity index (χ2n) is 6.88. The molecule has 3 aromatic rings. The number of anilines is 3. The smallest absolute Gasteiger partial charge is 0.306 e. The fraction of sp³-hybridized carbons (Fsp3) is 0.261. The summed E-state index contributed by atoms with van der Waals surface area (Å²) in [6.07, 6.45) is 0.890. The van der Waals surface area contributed by atoms with Crippen molar-refractivity contribution in [3.05, 3.63) is 66.0 Å². The van der Waals surface area contributed by atoms with E-state index < -0.39 is 5.97 Å². The van der Waals surface area contributed by atoms with Crippen LogP contribution in [0.3, 0.4) is 0 Å². The molecule has 0 spiro atoms. The van der Waals surface area contributed by atoms with Crippen molar-refractivity contribution in [1.82, 2.24) is 15.0 Å². The van der Waals surface area contributed by atoms with E-state index in [4.69, 9.17) is 15.2 Å². The highest BCUT2D eigenvalue weighted by molar-refractivity contribution is 5.97. The summed E-state index contributed by atoms with van der Waals surface area (Å²) < 4.78 is 10.7. The number of para-hydroxylation sites is 1. The van der Waals surface area contributed by atoms with E-state index in [0.29, 0.717) is 17.9 Å². The van der Waals surface area contributed by atoms with Gasteiger partial charge in [-0.1, -0.05) is 25.1 Å². The molecular weight excluding hydrogens is 410 g/mol. The lowest BCUT2D eigenvalue weighted by Gasteiger charge is -2.08. The number of rotatable bonds is 11. The lowest BCUT2D eigenvalue weighted by molar-refractivity contribution is -0.145. The third kappa shape index (κ3) is 7.05. The van der Waals surface area contributed by atoms with Gasteiger partial charge in [0.05, 0.1) is 13.0 Å². The molecule has 0 saturated heterocycles. The van der Waals surface area contributed by atoms with Crippen molar-refractivity contribution in [2.75, 3.05) is 17.7 Å². The number of carbonyl (C=O) groups excluding carboxylic acids is 2. The van der Waals surface area contributed by atoms with Crippen LogP contribution in [-0.4, -0.2) is 33.3 Å². The Morgan fingerprint density at radius 3 is 2.44 bits per heavy atom. The fourth-order valence-corrected chi connectivity index (χ4v) is 2.74. The van der Waals surface area contributed by atoms with Crippen molar-refractivity contribution < 1.29 is 19.1 Å². The lowest BCUT2D eigenvalue weighted by Crippen LogP contribution is -2.12. The first-order chi connectivity index (χ1) is 15.5. The maximum absolute atomic E-state index is 12.3. The second kappa shape index (κ2) is 11.4. The molecule has 2 aromatic carbocycles. The number of Topliss-reactive ketones (excluding diaryl/α,β-unsaturated/α-hetero) is 1. The van der Waals surface area contributed by atoms with Crippen LogP contribution < -0.4 is 15.8 Å².